The molecule has 0 N–H and O–H groups in total. The Labute approximate surface area is 211 Å². The van der Waals surface area contributed by atoms with Gasteiger partial charge < -0.3 is 14.3 Å². The Bertz CT molecular complexity index is 1370. The van der Waals surface area contributed by atoms with Crippen molar-refractivity contribution in [3.63, 3.8) is 0 Å². The zero-order valence-electron chi connectivity index (χ0n) is 22.5. The van der Waals surface area contributed by atoms with E-state index in [1.54, 1.807) is 55.2 Å². The number of benzene rings is 1. The molecule has 1 aliphatic heterocycles. The molecule has 0 bridgehead atoms. The number of nitrogens with zero attached hydrogens (tertiary/aromatic N) is 6. The van der Waals surface area contributed by atoms with Gasteiger partial charge in [-0.1, -0.05) is 24.3 Å². The second kappa shape index (κ2) is 9.24. The lowest BCUT2D eigenvalue weighted by Crippen LogP contribution is -2.33. The van der Waals surface area contributed by atoms with E-state index in [1.165, 1.54) is 18.0 Å². The Morgan fingerprint density at radius 2 is 1.89 bits per heavy atom. The molecule has 36 heavy (non-hydrogen) atoms. The molecule has 3 heterocycles. The molecule has 1 aliphatic carbocycles. The maximum Gasteiger partial charge on any atom is 0.434 e. The summed E-state index contributed by atoms with van der Waals surface area (Å²) >= 11 is 0. The molecule has 0 amide bonds. The molecule has 2 aliphatic rings. The minimum absolute atomic E-state index is 0.179. The van der Waals surface area contributed by atoms with Gasteiger partial charge in [-0.25, -0.2) is 20.0 Å². The number of likely N-dealkylation sites (N-methyl/N-ethyl adjacent to an activating group) is 1. The third-order valence-corrected chi connectivity index (χ3v) is 6.33. The second-order valence-corrected chi connectivity index (χ2v) is 9.30. The van der Waals surface area contributed by atoms with Crippen LogP contribution in [0.5, 0.6) is 5.88 Å². The van der Waals surface area contributed by atoms with E-state index in [4.69, 9.17) is 7.48 Å². The summed E-state index contributed by atoms with van der Waals surface area (Å²) in [6.07, 6.45) is 1.86. The SMILES string of the molecule is [2H]C([2H])(c1ccc(-c2nc(C(F)(F)F)cn2C(C)C)cc1)N1C(c2c(OC)ncnc2C2CC2)=CCN1C. The van der Waals surface area contributed by atoms with Crippen molar-refractivity contribution in [3.8, 4) is 17.3 Å². The molecule has 0 unspecified atom stereocenters. The maximum atomic E-state index is 13.3. The number of ether oxygens (including phenoxy) is 1. The minimum Gasteiger partial charge on any atom is -0.480 e. The number of halogens is 3. The van der Waals surface area contributed by atoms with Crippen LogP contribution >= 0.6 is 0 Å². The van der Waals surface area contributed by atoms with Crippen LogP contribution < -0.4 is 4.74 Å². The number of methoxy groups -OCH3 is 1. The lowest BCUT2D eigenvalue weighted by atomic mass is 10.1. The monoisotopic (exact) mass is 500 g/mol. The normalized spacial score (nSPS) is 17.9. The van der Waals surface area contributed by atoms with Crippen LogP contribution in [0.15, 0.2) is 42.9 Å². The van der Waals surface area contributed by atoms with E-state index in [-0.39, 0.29) is 17.8 Å². The molecule has 3 aromatic rings. The molecule has 1 saturated carbocycles. The average Bonchev–Trinajstić information content (AvgIpc) is 3.48. The first-order valence-corrected chi connectivity index (χ1v) is 11.8. The van der Waals surface area contributed by atoms with Gasteiger partial charge in [0, 0.05) is 37.3 Å². The summed E-state index contributed by atoms with van der Waals surface area (Å²) < 4.78 is 65.3. The van der Waals surface area contributed by atoms with Gasteiger partial charge in [0.1, 0.15) is 12.2 Å². The van der Waals surface area contributed by atoms with Gasteiger partial charge >= 0.3 is 6.18 Å². The van der Waals surface area contributed by atoms with Crippen molar-refractivity contribution in [2.75, 3.05) is 20.7 Å². The average molecular weight is 501 g/mol. The summed E-state index contributed by atoms with van der Waals surface area (Å²) in [4.78, 5) is 12.6. The number of aromatic nitrogens is 4. The van der Waals surface area contributed by atoms with Crippen LogP contribution in [0.2, 0.25) is 0 Å². The Hall–Kier alpha value is -3.40. The lowest BCUT2D eigenvalue weighted by molar-refractivity contribution is -0.140. The van der Waals surface area contributed by atoms with E-state index in [0.29, 0.717) is 34.8 Å². The van der Waals surface area contributed by atoms with Gasteiger partial charge in [-0.05, 0) is 38.3 Å². The molecule has 0 atom stereocenters. The van der Waals surface area contributed by atoms with Crippen molar-refractivity contribution in [1.82, 2.24) is 29.5 Å². The standard InChI is InChI=1S/C26H29F3N6O/c1-16(2)34-14-21(26(27,28)29)32-24(34)19-7-5-17(6-8-19)13-35-20(11-12-33(35)3)22-23(18-9-10-18)30-15-31-25(22)36-4/h5-8,11,14-16,18H,9-10,12-13H2,1-4H3/i13D2. The van der Waals surface area contributed by atoms with Crippen molar-refractivity contribution in [2.45, 2.75) is 51.3 Å². The van der Waals surface area contributed by atoms with Crippen LogP contribution in [0.1, 0.15) is 63.9 Å². The molecule has 5 rings (SSSR count). The number of hydrogen-bond acceptors (Lipinski definition) is 6. The highest BCUT2D eigenvalue weighted by atomic mass is 19.4. The van der Waals surface area contributed by atoms with Crippen molar-refractivity contribution in [3.05, 3.63) is 65.4 Å². The third-order valence-electron chi connectivity index (χ3n) is 6.33. The molecule has 190 valence electrons. The summed E-state index contributed by atoms with van der Waals surface area (Å²) in [5.41, 5.74) is 1.99. The highest BCUT2D eigenvalue weighted by Gasteiger charge is 2.36. The van der Waals surface area contributed by atoms with E-state index < -0.39 is 18.4 Å². The molecule has 10 heteroatoms. The third kappa shape index (κ3) is 4.57. The Morgan fingerprint density at radius 1 is 1.17 bits per heavy atom. The molecule has 0 saturated heterocycles. The summed E-state index contributed by atoms with van der Waals surface area (Å²) in [7, 11) is 3.32. The first-order chi connectivity index (χ1) is 17.9. The van der Waals surface area contributed by atoms with E-state index in [0.717, 1.165) is 24.7 Å². The molecule has 1 aromatic carbocycles. The van der Waals surface area contributed by atoms with E-state index in [2.05, 4.69) is 15.0 Å². The van der Waals surface area contributed by atoms with E-state index in [1.807, 2.05) is 6.08 Å². The van der Waals surface area contributed by atoms with Gasteiger partial charge in [0.15, 0.2) is 5.69 Å². The summed E-state index contributed by atoms with van der Waals surface area (Å²) in [5.74, 6) is 0.853. The summed E-state index contributed by atoms with van der Waals surface area (Å²) in [6.45, 7) is 2.04. The Balaban J connectivity index is 1.51. The van der Waals surface area contributed by atoms with Crippen molar-refractivity contribution in [2.24, 2.45) is 0 Å². The lowest BCUT2D eigenvalue weighted by Gasteiger charge is -2.30. The quantitative estimate of drug-likeness (QED) is 0.425. The van der Waals surface area contributed by atoms with Crippen LogP contribution in [0.25, 0.3) is 17.1 Å². The van der Waals surface area contributed by atoms with Crippen LogP contribution in [-0.2, 0) is 12.7 Å². The van der Waals surface area contributed by atoms with Crippen LogP contribution in [0.4, 0.5) is 13.2 Å². The summed E-state index contributed by atoms with van der Waals surface area (Å²) in [6, 6.07) is 6.15. The highest BCUT2D eigenvalue weighted by Crippen LogP contribution is 2.45. The van der Waals surface area contributed by atoms with Gasteiger partial charge in [-0.15, -0.1) is 0 Å². The predicted molar refractivity (Wildman–Crippen MR) is 130 cm³/mol. The van der Waals surface area contributed by atoms with Gasteiger partial charge in [-0.2, -0.15) is 13.2 Å². The van der Waals surface area contributed by atoms with Gasteiger partial charge in [0.25, 0.3) is 0 Å². The smallest absolute Gasteiger partial charge is 0.434 e. The van der Waals surface area contributed by atoms with Crippen LogP contribution in [-0.4, -0.2) is 50.2 Å². The molecule has 1 fully saturated rings. The maximum absolute atomic E-state index is 13.3. The molecule has 7 nitrogen and oxygen atoms in total. The highest BCUT2D eigenvalue weighted by molar-refractivity contribution is 5.71. The first-order valence-electron chi connectivity index (χ1n) is 12.8. The number of hydrogen-bond donors (Lipinski definition) is 0. The predicted octanol–water partition coefficient (Wildman–Crippen LogP) is 5.53. The Kier molecular flexibility index (Phi) is 5.61. The zero-order valence-corrected chi connectivity index (χ0v) is 20.5. The van der Waals surface area contributed by atoms with E-state index in [9.17, 15) is 13.2 Å². The number of alkyl halides is 3. The molecular formula is C26H29F3N6O. The zero-order chi connectivity index (χ0) is 27.4. The van der Waals surface area contributed by atoms with Crippen molar-refractivity contribution in [1.29, 1.82) is 0 Å². The molecule has 0 radical (unpaired) electrons. The second-order valence-electron chi connectivity index (χ2n) is 9.30. The first kappa shape index (κ1) is 21.8. The molecular weight excluding hydrogens is 469 g/mol. The van der Waals surface area contributed by atoms with Crippen molar-refractivity contribution < 1.29 is 20.6 Å². The van der Waals surface area contributed by atoms with Crippen molar-refractivity contribution >= 4 is 5.70 Å². The Morgan fingerprint density at radius 3 is 2.50 bits per heavy atom. The molecule has 2 aromatic heterocycles. The number of rotatable bonds is 7. The van der Waals surface area contributed by atoms with Gasteiger partial charge in [0.2, 0.25) is 5.88 Å². The largest absolute Gasteiger partial charge is 0.480 e. The fourth-order valence-electron chi connectivity index (χ4n) is 4.32. The fourth-order valence-corrected chi connectivity index (χ4v) is 4.32. The summed E-state index contributed by atoms with van der Waals surface area (Å²) in [5, 5.41) is 3.33. The van der Waals surface area contributed by atoms with E-state index >= 15 is 0 Å². The van der Waals surface area contributed by atoms with Gasteiger partial charge in [0.05, 0.1) is 33.3 Å². The van der Waals surface area contributed by atoms with Crippen LogP contribution in [0.3, 0.4) is 0 Å². The molecule has 0 spiro atoms. The topological polar surface area (TPSA) is 59.3 Å². The van der Waals surface area contributed by atoms with Crippen LogP contribution in [0, 0.1) is 0 Å². The minimum atomic E-state index is -4.56. The van der Waals surface area contributed by atoms with Gasteiger partial charge in [-0.3, -0.25) is 0 Å². The number of imidazole rings is 1. The fraction of sp³-hybridized carbons (Fsp3) is 0.423. The number of hydrazine groups is 1.